The summed E-state index contributed by atoms with van der Waals surface area (Å²) in [5.74, 6) is 0.848. The van der Waals surface area contributed by atoms with E-state index >= 15 is 0 Å². The van der Waals surface area contributed by atoms with Gasteiger partial charge < -0.3 is 10.2 Å². The van der Waals surface area contributed by atoms with Gasteiger partial charge in [0, 0.05) is 26.9 Å². The van der Waals surface area contributed by atoms with Gasteiger partial charge in [0.05, 0.1) is 0 Å². The van der Waals surface area contributed by atoms with Crippen molar-refractivity contribution < 1.29 is 4.42 Å². The van der Waals surface area contributed by atoms with Crippen molar-refractivity contribution in [3.05, 3.63) is 39.0 Å². The quantitative estimate of drug-likeness (QED) is 0.562. The summed E-state index contributed by atoms with van der Waals surface area (Å²) < 4.78 is 6.79. The van der Waals surface area contributed by atoms with Crippen LogP contribution in [0, 0.1) is 0 Å². The maximum Gasteiger partial charge on any atom is 0.257 e. The van der Waals surface area contributed by atoms with Gasteiger partial charge in [-0.1, -0.05) is 11.8 Å². The number of halogens is 1. The van der Waals surface area contributed by atoms with E-state index in [0.29, 0.717) is 10.9 Å². The van der Waals surface area contributed by atoms with E-state index in [0.717, 1.165) is 21.3 Å². The van der Waals surface area contributed by atoms with E-state index < -0.39 is 0 Å². The van der Waals surface area contributed by atoms with Gasteiger partial charge in [-0.05, 0) is 39.5 Å². The predicted octanol–water partition coefficient (Wildman–Crippen LogP) is 4.53. The third kappa shape index (κ3) is 2.41. The molecule has 3 nitrogen and oxygen atoms in total. The maximum atomic E-state index is 5.71. The minimum atomic E-state index is 0.677. The maximum absolute atomic E-state index is 5.71. The Kier molecular flexibility index (Phi) is 3.32. The molecule has 3 rings (SSSR count). The third-order valence-electron chi connectivity index (χ3n) is 2.41. The van der Waals surface area contributed by atoms with E-state index in [1.165, 1.54) is 4.88 Å². The summed E-state index contributed by atoms with van der Waals surface area (Å²) in [6.07, 6.45) is 0. The van der Waals surface area contributed by atoms with Gasteiger partial charge in [0.25, 0.3) is 5.22 Å². The molecule has 1 aromatic carbocycles. The molecule has 0 spiro atoms. The van der Waals surface area contributed by atoms with Crippen molar-refractivity contribution in [3.8, 4) is 0 Å². The molecule has 92 valence electrons. The first-order valence-corrected chi connectivity index (χ1v) is 7.89. The van der Waals surface area contributed by atoms with Crippen molar-refractivity contribution in [1.82, 2.24) is 4.98 Å². The van der Waals surface area contributed by atoms with E-state index in [1.807, 2.05) is 18.2 Å². The number of fused-ring (bicyclic) bond motifs is 1. The van der Waals surface area contributed by atoms with Gasteiger partial charge in [0.2, 0.25) is 0 Å². The van der Waals surface area contributed by atoms with Crippen LogP contribution in [0.4, 0.5) is 5.69 Å². The number of nitrogens with two attached hydrogens (primary N) is 1. The molecule has 0 bridgehead atoms. The molecule has 0 saturated heterocycles. The first-order chi connectivity index (χ1) is 8.72. The van der Waals surface area contributed by atoms with E-state index in [4.69, 9.17) is 10.2 Å². The molecule has 0 aliphatic carbocycles. The average Bonchev–Trinajstić information content (AvgIpc) is 2.92. The average molecular weight is 341 g/mol. The predicted molar refractivity (Wildman–Crippen MR) is 80.0 cm³/mol. The molecule has 3 aromatic rings. The molecule has 0 unspecified atom stereocenters. The van der Waals surface area contributed by atoms with E-state index in [-0.39, 0.29) is 0 Å². The van der Waals surface area contributed by atoms with Gasteiger partial charge in [-0.3, -0.25) is 0 Å². The van der Waals surface area contributed by atoms with Crippen molar-refractivity contribution >= 4 is 55.8 Å². The molecule has 0 fully saturated rings. The van der Waals surface area contributed by atoms with Crippen LogP contribution < -0.4 is 5.73 Å². The van der Waals surface area contributed by atoms with Gasteiger partial charge in [-0.25, -0.2) is 4.98 Å². The summed E-state index contributed by atoms with van der Waals surface area (Å²) in [5, 5.41) is 2.74. The van der Waals surface area contributed by atoms with Crippen LogP contribution in [-0.2, 0) is 5.75 Å². The zero-order valence-electron chi connectivity index (χ0n) is 9.22. The Labute approximate surface area is 121 Å². The summed E-state index contributed by atoms with van der Waals surface area (Å²) in [6, 6.07) is 7.55. The third-order valence-corrected chi connectivity index (χ3v) is 5.37. The Bertz CT molecular complexity index is 692. The van der Waals surface area contributed by atoms with Gasteiger partial charge in [0.1, 0.15) is 5.52 Å². The number of nitrogen functional groups attached to an aromatic ring is 1. The zero-order valence-corrected chi connectivity index (χ0v) is 12.4. The zero-order chi connectivity index (χ0) is 12.5. The van der Waals surface area contributed by atoms with Gasteiger partial charge in [0.15, 0.2) is 5.58 Å². The van der Waals surface area contributed by atoms with Gasteiger partial charge in [-0.2, -0.15) is 0 Å². The molecular formula is C12H9BrN2OS2. The molecule has 0 radical (unpaired) electrons. The summed E-state index contributed by atoms with van der Waals surface area (Å²) >= 11 is 6.82. The molecular weight excluding hydrogens is 332 g/mol. The fourth-order valence-corrected chi connectivity index (χ4v) is 4.17. The number of benzene rings is 1. The Balaban J connectivity index is 1.81. The Hall–Kier alpha value is -0.980. The van der Waals surface area contributed by atoms with Crippen molar-refractivity contribution in [2.24, 2.45) is 0 Å². The summed E-state index contributed by atoms with van der Waals surface area (Å²) in [6.45, 7) is 0. The van der Waals surface area contributed by atoms with Gasteiger partial charge in [-0.15, -0.1) is 11.3 Å². The smallest absolute Gasteiger partial charge is 0.257 e. The largest absolute Gasteiger partial charge is 0.431 e. The Morgan fingerprint density at radius 3 is 3.06 bits per heavy atom. The standard InChI is InChI=1S/C12H9BrN2OS2/c13-8-3-4-17-11(8)6-18-12-15-9-2-1-7(14)5-10(9)16-12/h1-5H,6,14H2. The van der Waals surface area contributed by atoms with Crippen molar-refractivity contribution in [3.63, 3.8) is 0 Å². The number of oxazole rings is 1. The van der Waals surface area contributed by atoms with Crippen LogP contribution in [0.2, 0.25) is 0 Å². The Morgan fingerprint density at radius 1 is 1.39 bits per heavy atom. The monoisotopic (exact) mass is 340 g/mol. The van der Waals surface area contributed by atoms with E-state index in [2.05, 4.69) is 26.3 Å². The highest BCUT2D eigenvalue weighted by Crippen LogP contribution is 2.32. The molecule has 2 heterocycles. The molecule has 0 saturated carbocycles. The summed E-state index contributed by atoms with van der Waals surface area (Å²) in [4.78, 5) is 5.69. The lowest BCUT2D eigenvalue weighted by Gasteiger charge is -1.94. The number of anilines is 1. The fraction of sp³-hybridized carbons (Fsp3) is 0.0833. The number of hydrogen-bond acceptors (Lipinski definition) is 5. The molecule has 0 amide bonds. The number of hydrogen-bond donors (Lipinski definition) is 1. The molecule has 0 atom stereocenters. The highest BCUT2D eigenvalue weighted by Gasteiger charge is 2.08. The van der Waals surface area contributed by atoms with Crippen molar-refractivity contribution in [1.29, 1.82) is 0 Å². The summed E-state index contributed by atoms with van der Waals surface area (Å²) in [5.41, 5.74) is 7.98. The molecule has 0 aliphatic heterocycles. The highest BCUT2D eigenvalue weighted by molar-refractivity contribution is 9.10. The number of thiophene rings is 1. The topological polar surface area (TPSA) is 52.0 Å². The fourth-order valence-electron chi connectivity index (χ4n) is 1.54. The number of aromatic nitrogens is 1. The SMILES string of the molecule is Nc1ccc2nc(SCc3sccc3Br)oc2c1. The molecule has 0 aliphatic rings. The number of nitrogens with zero attached hydrogens (tertiary/aromatic N) is 1. The van der Waals surface area contributed by atoms with Gasteiger partial charge >= 0.3 is 0 Å². The van der Waals surface area contributed by atoms with Crippen LogP contribution in [0.25, 0.3) is 11.1 Å². The van der Waals surface area contributed by atoms with Crippen LogP contribution in [0.5, 0.6) is 0 Å². The molecule has 2 aromatic heterocycles. The second-order valence-corrected chi connectivity index (χ2v) is 6.47. The second kappa shape index (κ2) is 4.95. The van der Waals surface area contributed by atoms with E-state index in [1.54, 1.807) is 29.2 Å². The van der Waals surface area contributed by atoms with Crippen molar-refractivity contribution in [2.45, 2.75) is 11.0 Å². The van der Waals surface area contributed by atoms with Crippen LogP contribution in [-0.4, -0.2) is 4.98 Å². The number of rotatable bonds is 3. The number of thioether (sulfide) groups is 1. The minimum Gasteiger partial charge on any atom is -0.431 e. The first kappa shape index (κ1) is 12.1. The van der Waals surface area contributed by atoms with Crippen LogP contribution in [0.3, 0.4) is 0 Å². The normalized spacial score (nSPS) is 11.2. The lowest BCUT2D eigenvalue weighted by molar-refractivity contribution is 0.489. The lowest BCUT2D eigenvalue weighted by Crippen LogP contribution is -1.81. The van der Waals surface area contributed by atoms with Crippen molar-refractivity contribution in [2.75, 3.05) is 5.73 Å². The molecule has 18 heavy (non-hydrogen) atoms. The van der Waals surface area contributed by atoms with E-state index in [9.17, 15) is 0 Å². The van der Waals surface area contributed by atoms with Crippen LogP contribution >= 0.6 is 39.0 Å². The lowest BCUT2D eigenvalue weighted by atomic mass is 10.3. The second-order valence-electron chi connectivity index (χ2n) is 3.69. The first-order valence-electron chi connectivity index (χ1n) is 5.23. The van der Waals surface area contributed by atoms with Crippen LogP contribution in [0.1, 0.15) is 4.88 Å². The molecule has 2 N–H and O–H groups in total. The summed E-state index contributed by atoms with van der Waals surface area (Å²) in [7, 11) is 0. The molecule has 6 heteroatoms. The highest BCUT2D eigenvalue weighted by atomic mass is 79.9. The van der Waals surface area contributed by atoms with Crippen LogP contribution in [0.15, 0.2) is 43.8 Å². The Morgan fingerprint density at radius 2 is 2.28 bits per heavy atom. The minimum absolute atomic E-state index is 0.677.